The zero-order chi connectivity index (χ0) is 12.3. The molecular weight excluding hydrogens is 215 g/mol. The van der Waals surface area contributed by atoms with Gasteiger partial charge in [0, 0.05) is 31.2 Å². The Bertz CT molecular complexity index is 503. The molecule has 17 heavy (non-hydrogen) atoms. The molecular formula is C14H17FN2. The van der Waals surface area contributed by atoms with E-state index in [2.05, 4.69) is 35.3 Å². The monoisotopic (exact) mass is 232 g/mol. The van der Waals surface area contributed by atoms with Crippen molar-refractivity contribution in [1.29, 1.82) is 0 Å². The van der Waals surface area contributed by atoms with Crippen LogP contribution < -0.4 is 5.32 Å². The molecule has 0 atom stereocenters. The highest BCUT2D eigenvalue weighted by molar-refractivity contribution is 5.50. The van der Waals surface area contributed by atoms with Crippen LogP contribution in [0.15, 0.2) is 36.7 Å². The van der Waals surface area contributed by atoms with Crippen molar-refractivity contribution < 1.29 is 4.39 Å². The number of anilines is 1. The van der Waals surface area contributed by atoms with E-state index in [9.17, 15) is 4.39 Å². The van der Waals surface area contributed by atoms with E-state index in [0.29, 0.717) is 0 Å². The average Bonchev–Trinajstić information content (AvgIpc) is 2.78. The fraction of sp³-hybridized carbons (Fsp3) is 0.286. The molecule has 90 valence electrons. The van der Waals surface area contributed by atoms with Gasteiger partial charge in [0.2, 0.25) is 0 Å². The van der Waals surface area contributed by atoms with Gasteiger partial charge in [-0.3, -0.25) is 0 Å². The number of hydrogen-bond acceptors (Lipinski definition) is 1. The normalized spacial score (nSPS) is 10.5. The first-order chi connectivity index (χ1) is 8.19. The second-order valence-electron chi connectivity index (χ2n) is 4.16. The van der Waals surface area contributed by atoms with Gasteiger partial charge in [-0.05, 0) is 43.2 Å². The van der Waals surface area contributed by atoms with Gasteiger partial charge in [0.15, 0.2) is 0 Å². The van der Waals surface area contributed by atoms with E-state index in [1.807, 2.05) is 6.92 Å². The third-order valence-corrected chi connectivity index (χ3v) is 2.86. The lowest BCUT2D eigenvalue weighted by molar-refractivity contribution is 0.628. The van der Waals surface area contributed by atoms with Gasteiger partial charge in [0.1, 0.15) is 5.82 Å². The van der Waals surface area contributed by atoms with Crippen LogP contribution in [0, 0.1) is 12.7 Å². The van der Waals surface area contributed by atoms with Crippen LogP contribution in [0.25, 0.3) is 0 Å². The summed E-state index contributed by atoms with van der Waals surface area (Å²) < 4.78 is 15.2. The SMILES string of the molecule is CCn1ccc(CNc2cc(F)ccc2C)c1. The Balaban J connectivity index is 2.04. The van der Waals surface area contributed by atoms with Gasteiger partial charge in [-0.15, -0.1) is 0 Å². The van der Waals surface area contributed by atoms with Crippen LogP contribution in [0.4, 0.5) is 10.1 Å². The van der Waals surface area contributed by atoms with Gasteiger partial charge < -0.3 is 9.88 Å². The molecule has 2 rings (SSSR count). The second-order valence-corrected chi connectivity index (χ2v) is 4.16. The van der Waals surface area contributed by atoms with Gasteiger partial charge in [0.05, 0.1) is 0 Å². The quantitative estimate of drug-likeness (QED) is 0.852. The lowest BCUT2D eigenvalue weighted by atomic mass is 10.2. The highest BCUT2D eigenvalue weighted by atomic mass is 19.1. The Morgan fingerprint density at radius 1 is 1.29 bits per heavy atom. The summed E-state index contributed by atoms with van der Waals surface area (Å²) in [7, 11) is 0. The molecule has 0 amide bonds. The van der Waals surface area contributed by atoms with Crippen LogP contribution in [0.2, 0.25) is 0 Å². The van der Waals surface area contributed by atoms with Crippen LogP contribution in [-0.2, 0) is 13.1 Å². The van der Waals surface area contributed by atoms with E-state index in [-0.39, 0.29) is 5.82 Å². The molecule has 1 N–H and O–H groups in total. The zero-order valence-corrected chi connectivity index (χ0v) is 10.2. The molecule has 1 aromatic carbocycles. The predicted octanol–water partition coefficient (Wildman–Crippen LogP) is 3.57. The van der Waals surface area contributed by atoms with Crippen molar-refractivity contribution in [1.82, 2.24) is 4.57 Å². The zero-order valence-electron chi connectivity index (χ0n) is 10.2. The molecule has 0 aliphatic carbocycles. The molecule has 0 saturated carbocycles. The molecule has 1 aromatic heterocycles. The van der Waals surface area contributed by atoms with E-state index >= 15 is 0 Å². The summed E-state index contributed by atoms with van der Waals surface area (Å²) in [4.78, 5) is 0. The smallest absolute Gasteiger partial charge is 0.125 e. The topological polar surface area (TPSA) is 17.0 Å². The third-order valence-electron chi connectivity index (χ3n) is 2.86. The highest BCUT2D eigenvalue weighted by Crippen LogP contribution is 2.17. The Morgan fingerprint density at radius 3 is 2.82 bits per heavy atom. The number of rotatable bonds is 4. The number of halogens is 1. The minimum atomic E-state index is -0.204. The second kappa shape index (κ2) is 5.04. The molecule has 0 bridgehead atoms. The van der Waals surface area contributed by atoms with E-state index in [0.717, 1.165) is 24.3 Å². The van der Waals surface area contributed by atoms with Crippen LogP contribution in [0.1, 0.15) is 18.1 Å². The van der Waals surface area contributed by atoms with Crippen molar-refractivity contribution >= 4 is 5.69 Å². The first kappa shape index (κ1) is 11.7. The molecule has 0 radical (unpaired) electrons. The predicted molar refractivity (Wildman–Crippen MR) is 68.6 cm³/mol. The molecule has 0 fully saturated rings. The van der Waals surface area contributed by atoms with E-state index < -0.39 is 0 Å². The molecule has 0 aliphatic rings. The fourth-order valence-corrected chi connectivity index (χ4v) is 1.77. The van der Waals surface area contributed by atoms with Crippen molar-refractivity contribution in [2.24, 2.45) is 0 Å². The number of aromatic nitrogens is 1. The first-order valence-corrected chi connectivity index (χ1v) is 5.83. The summed E-state index contributed by atoms with van der Waals surface area (Å²) in [5.74, 6) is -0.204. The molecule has 0 aliphatic heterocycles. The number of nitrogens with zero attached hydrogens (tertiary/aromatic N) is 1. The van der Waals surface area contributed by atoms with Gasteiger partial charge in [-0.2, -0.15) is 0 Å². The molecule has 0 unspecified atom stereocenters. The Hall–Kier alpha value is -1.77. The summed E-state index contributed by atoms with van der Waals surface area (Å²) in [5.41, 5.74) is 3.12. The Kier molecular flexibility index (Phi) is 3.47. The summed E-state index contributed by atoms with van der Waals surface area (Å²) in [6.07, 6.45) is 4.15. The van der Waals surface area contributed by atoms with Crippen molar-refractivity contribution in [2.45, 2.75) is 26.9 Å². The number of nitrogens with one attached hydrogen (secondary N) is 1. The lowest BCUT2D eigenvalue weighted by Gasteiger charge is -2.08. The van der Waals surface area contributed by atoms with Gasteiger partial charge in [-0.1, -0.05) is 6.07 Å². The van der Waals surface area contributed by atoms with Crippen LogP contribution in [-0.4, -0.2) is 4.57 Å². The summed E-state index contributed by atoms with van der Waals surface area (Å²) >= 11 is 0. The minimum Gasteiger partial charge on any atom is -0.381 e. The van der Waals surface area contributed by atoms with Crippen molar-refractivity contribution in [2.75, 3.05) is 5.32 Å². The minimum absolute atomic E-state index is 0.204. The third kappa shape index (κ3) is 2.87. The standard InChI is InChI=1S/C14H17FN2/c1-3-17-7-6-12(10-17)9-16-14-8-13(15)5-4-11(14)2/h4-8,10,16H,3,9H2,1-2H3. The van der Waals surface area contributed by atoms with Crippen molar-refractivity contribution in [3.63, 3.8) is 0 Å². The maximum atomic E-state index is 13.1. The lowest BCUT2D eigenvalue weighted by Crippen LogP contribution is -2.00. The highest BCUT2D eigenvalue weighted by Gasteiger charge is 2.01. The molecule has 0 spiro atoms. The van der Waals surface area contributed by atoms with Crippen LogP contribution in [0.3, 0.4) is 0 Å². The maximum Gasteiger partial charge on any atom is 0.125 e. The van der Waals surface area contributed by atoms with Gasteiger partial charge >= 0.3 is 0 Å². The molecule has 1 heterocycles. The summed E-state index contributed by atoms with van der Waals surface area (Å²) in [6.45, 7) is 5.77. The number of hydrogen-bond donors (Lipinski definition) is 1. The van der Waals surface area contributed by atoms with E-state index in [4.69, 9.17) is 0 Å². The molecule has 0 saturated heterocycles. The average molecular weight is 232 g/mol. The van der Waals surface area contributed by atoms with E-state index in [1.165, 1.54) is 17.7 Å². The number of benzene rings is 1. The van der Waals surface area contributed by atoms with E-state index in [1.54, 1.807) is 6.07 Å². The van der Waals surface area contributed by atoms with Crippen molar-refractivity contribution in [3.8, 4) is 0 Å². The van der Waals surface area contributed by atoms with Gasteiger partial charge in [0.25, 0.3) is 0 Å². The molecule has 3 heteroatoms. The maximum absolute atomic E-state index is 13.1. The summed E-state index contributed by atoms with van der Waals surface area (Å²) in [5, 5.41) is 3.25. The summed E-state index contributed by atoms with van der Waals surface area (Å²) in [6, 6.07) is 6.88. The number of aryl methyl sites for hydroxylation is 2. The van der Waals surface area contributed by atoms with Crippen LogP contribution in [0.5, 0.6) is 0 Å². The molecule has 2 aromatic rings. The first-order valence-electron chi connectivity index (χ1n) is 5.83. The van der Waals surface area contributed by atoms with Crippen molar-refractivity contribution in [3.05, 3.63) is 53.6 Å². The van der Waals surface area contributed by atoms with Gasteiger partial charge in [-0.25, -0.2) is 4.39 Å². The largest absolute Gasteiger partial charge is 0.381 e. The Labute approximate surface area is 101 Å². The van der Waals surface area contributed by atoms with Crippen LogP contribution >= 0.6 is 0 Å². The fourth-order valence-electron chi connectivity index (χ4n) is 1.77. The molecule has 2 nitrogen and oxygen atoms in total. The Morgan fingerprint density at radius 2 is 2.12 bits per heavy atom.